The average molecular weight is 736 g/mol. The Morgan fingerprint density at radius 1 is 0.472 bits per heavy atom. The van der Waals surface area contributed by atoms with Gasteiger partial charge in [0, 0.05) is 6.42 Å². The highest BCUT2D eigenvalue weighted by atomic mass is 16.3. The van der Waals surface area contributed by atoms with Crippen LogP contribution in [0.2, 0.25) is 0 Å². The molecule has 4 heteroatoms. The first-order chi connectivity index (χ1) is 26.2. The zero-order chi connectivity index (χ0) is 38.6. The van der Waals surface area contributed by atoms with Crippen LogP contribution in [-0.2, 0) is 4.79 Å². The van der Waals surface area contributed by atoms with Crippen LogP contribution >= 0.6 is 0 Å². The predicted molar refractivity (Wildman–Crippen MR) is 234 cm³/mol. The van der Waals surface area contributed by atoms with Crippen LogP contribution in [0.4, 0.5) is 0 Å². The number of allylic oxidation sites excluding steroid dienone is 14. The molecule has 0 aromatic carbocycles. The molecule has 0 aliphatic heterocycles. The Morgan fingerprint density at radius 2 is 0.830 bits per heavy atom. The van der Waals surface area contributed by atoms with Crippen LogP contribution < -0.4 is 5.32 Å². The average Bonchev–Trinajstić information content (AvgIpc) is 3.16. The maximum absolute atomic E-state index is 12.2. The Morgan fingerprint density at radius 3 is 1.23 bits per heavy atom. The molecule has 0 rings (SSSR count). The number of aliphatic hydroxyl groups excluding tert-OH is 2. The van der Waals surface area contributed by atoms with Crippen LogP contribution in [0.5, 0.6) is 0 Å². The lowest BCUT2D eigenvalue weighted by Crippen LogP contribution is -2.45. The molecule has 0 bridgehead atoms. The predicted octanol–water partition coefficient (Wildman–Crippen LogP) is 14.1. The summed E-state index contributed by atoms with van der Waals surface area (Å²) in [5.41, 5.74) is 0. The second-order valence-corrected chi connectivity index (χ2v) is 14.7. The first kappa shape index (κ1) is 50.6. The van der Waals surface area contributed by atoms with Gasteiger partial charge in [0.05, 0.1) is 18.8 Å². The van der Waals surface area contributed by atoms with Crippen LogP contribution in [0, 0.1) is 0 Å². The van der Waals surface area contributed by atoms with Crippen LogP contribution in [0.25, 0.3) is 0 Å². The topological polar surface area (TPSA) is 69.6 Å². The number of amides is 1. The molecule has 3 N–H and O–H groups in total. The van der Waals surface area contributed by atoms with Crippen LogP contribution in [0.1, 0.15) is 200 Å². The number of hydrogen-bond acceptors (Lipinski definition) is 3. The smallest absolute Gasteiger partial charge is 0.220 e. The molecule has 0 saturated heterocycles. The lowest BCUT2D eigenvalue weighted by Gasteiger charge is -2.22. The van der Waals surface area contributed by atoms with Gasteiger partial charge < -0.3 is 15.5 Å². The Labute approximate surface area is 329 Å². The van der Waals surface area contributed by atoms with E-state index in [4.69, 9.17) is 0 Å². The third-order valence-electron chi connectivity index (χ3n) is 9.67. The van der Waals surface area contributed by atoms with Gasteiger partial charge in [-0.05, 0) is 70.6 Å². The number of carbonyl (C=O) groups is 1. The minimum Gasteiger partial charge on any atom is -0.394 e. The van der Waals surface area contributed by atoms with Crippen molar-refractivity contribution in [3.63, 3.8) is 0 Å². The van der Waals surface area contributed by atoms with Gasteiger partial charge in [-0.2, -0.15) is 0 Å². The molecule has 0 fully saturated rings. The van der Waals surface area contributed by atoms with E-state index in [1.807, 2.05) is 0 Å². The summed E-state index contributed by atoms with van der Waals surface area (Å²) in [6.45, 7) is 4.13. The standard InChI is InChI=1S/C49H85NO3/c1-3-5-7-9-10-11-12-13-14-15-16-17-18-19-20-21-22-23-24-25-26-27-28-29-30-31-32-33-34-35-36-37-38-39-40-41-43-45-49(53)50-47(46-51)48(52)44-42-8-6-4-2/h5,7,10-11,13-14,16-17,19-20,22-23,25-26,47-48,51-52H,3-4,6,8-9,12,15,18,21,24,27-46H2,1-2H3,(H,50,53)/b7-5-,11-10-,14-13-,17-16-,20-19-,23-22-,26-25-. The lowest BCUT2D eigenvalue weighted by molar-refractivity contribution is -0.123. The molecule has 304 valence electrons. The van der Waals surface area contributed by atoms with Crippen molar-refractivity contribution in [2.24, 2.45) is 0 Å². The van der Waals surface area contributed by atoms with E-state index in [9.17, 15) is 15.0 Å². The molecule has 0 radical (unpaired) electrons. The number of carbonyl (C=O) groups excluding carboxylic acids is 1. The summed E-state index contributed by atoms with van der Waals surface area (Å²) in [6, 6.07) is -0.534. The largest absolute Gasteiger partial charge is 0.394 e. The highest BCUT2D eigenvalue weighted by Crippen LogP contribution is 2.15. The van der Waals surface area contributed by atoms with Gasteiger partial charge in [-0.3, -0.25) is 4.79 Å². The normalized spacial score (nSPS) is 13.8. The van der Waals surface area contributed by atoms with Crippen molar-refractivity contribution in [3.05, 3.63) is 85.1 Å². The van der Waals surface area contributed by atoms with E-state index in [2.05, 4.69) is 104 Å². The van der Waals surface area contributed by atoms with Gasteiger partial charge in [0.15, 0.2) is 0 Å². The van der Waals surface area contributed by atoms with Crippen molar-refractivity contribution in [2.75, 3.05) is 6.61 Å². The summed E-state index contributed by atoms with van der Waals surface area (Å²) in [5, 5.41) is 22.7. The molecule has 0 aromatic rings. The molecule has 0 spiro atoms. The Hall–Kier alpha value is -2.43. The minimum absolute atomic E-state index is 0.0442. The Kier molecular flexibility index (Phi) is 42.0. The molecule has 53 heavy (non-hydrogen) atoms. The van der Waals surface area contributed by atoms with Crippen molar-refractivity contribution in [3.8, 4) is 0 Å². The summed E-state index contributed by atoms with van der Waals surface area (Å²) in [5.74, 6) is -0.0442. The molecule has 0 aliphatic rings. The zero-order valence-electron chi connectivity index (χ0n) is 34.8. The summed E-state index contributed by atoms with van der Waals surface area (Å²) in [7, 11) is 0. The van der Waals surface area contributed by atoms with Crippen LogP contribution in [0.3, 0.4) is 0 Å². The molecule has 0 saturated carbocycles. The van der Waals surface area contributed by atoms with E-state index in [0.717, 1.165) is 83.5 Å². The number of rotatable bonds is 39. The summed E-state index contributed by atoms with van der Waals surface area (Å²) < 4.78 is 0. The third kappa shape index (κ3) is 40.6. The molecule has 0 aliphatic carbocycles. The SMILES string of the molecule is CC/C=C\C/C=C\C/C=C\C/C=C\C/C=C\C/C=C\C/C=C\CCCCCCCCCCCCCCCCCC(=O)NC(CO)C(O)CCCCCC. The van der Waals surface area contributed by atoms with E-state index in [1.165, 1.54) is 89.9 Å². The first-order valence-electron chi connectivity index (χ1n) is 22.3. The second-order valence-electron chi connectivity index (χ2n) is 14.7. The van der Waals surface area contributed by atoms with Gasteiger partial charge in [-0.25, -0.2) is 0 Å². The summed E-state index contributed by atoms with van der Waals surface area (Å²) in [4.78, 5) is 12.2. The quantitative estimate of drug-likeness (QED) is 0.0435. The van der Waals surface area contributed by atoms with Gasteiger partial charge in [0.2, 0.25) is 5.91 Å². The maximum Gasteiger partial charge on any atom is 0.220 e. The molecule has 2 atom stereocenters. The Balaban J connectivity index is 3.45. The van der Waals surface area contributed by atoms with E-state index in [0.29, 0.717) is 12.8 Å². The van der Waals surface area contributed by atoms with Crippen molar-refractivity contribution in [2.45, 2.75) is 212 Å². The van der Waals surface area contributed by atoms with E-state index >= 15 is 0 Å². The van der Waals surface area contributed by atoms with Gasteiger partial charge in [0.1, 0.15) is 0 Å². The van der Waals surface area contributed by atoms with Crippen molar-refractivity contribution >= 4 is 5.91 Å². The molecular formula is C49H85NO3. The number of nitrogens with one attached hydrogen (secondary N) is 1. The summed E-state index contributed by atoms with van der Waals surface area (Å²) >= 11 is 0. The van der Waals surface area contributed by atoms with Gasteiger partial charge in [0.25, 0.3) is 0 Å². The van der Waals surface area contributed by atoms with Crippen LogP contribution in [-0.4, -0.2) is 34.9 Å². The third-order valence-corrected chi connectivity index (χ3v) is 9.67. The van der Waals surface area contributed by atoms with Gasteiger partial charge in [-0.1, -0.05) is 208 Å². The number of hydrogen-bond donors (Lipinski definition) is 3. The molecule has 4 nitrogen and oxygen atoms in total. The molecule has 0 aromatic heterocycles. The van der Waals surface area contributed by atoms with E-state index < -0.39 is 12.1 Å². The van der Waals surface area contributed by atoms with E-state index in [1.54, 1.807) is 0 Å². The fourth-order valence-corrected chi connectivity index (χ4v) is 6.28. The molecule has 0 heterocycles. The Bertz CT molecular complexity index is 972. The van der Waals surface area contributed by atoms with Gasteiger partial charge >= 0.3 is 0 Å². The van der Waals surface area contributed by atoms with Crippen LogP contribution in [0.15, 0.2) is 85.1 Å². The fraction of sp³-hybridized carbons (Fsp3) is 0.694. The zero-order valence-corrected chi connectivity index (χ0v) is 34.8. The fourth-order valence-electron chi connectivity index (χ4n) is 6.28. The highest BCUT2D eigenvalue weighted by Gasteiger charge is 2.19. The van der Waals surface area contributed by atoms with Gasteiger partial charge in [-0.15, -0.1) is 0 Å². The molecular weight excluding hydrogens is 651 g/mol. The molecule has 1 amide bonds. The monoisotopic (exact) mass is 736 g/mol. The first-order valence-corrected chi connectivity index (χ1v) is 22.3. The number of aliphatic hydroxyl groups is 2. The van der Waals surface area contributed by atoms with E-state index in [-0.39, 0.29) is 12.5 Å². The number of unbranched alkanes of at least 4 members (excludes halogenated alkanes) is 18. The van der Waals surface area contributed by atoms with Crippen molar-refractivity contribution in [1.29, 1.82) is 0 Å². The van der Waals surface area contributed by atoms with Crippen molar-refractivity contribution in [1.82, 2.24) is 5.32 Å². The van der Waals surface area contributed by atoms with Crippen molar-refractivity contribution < 1.29 is 15.0 Å². The lowest BCUT2D eigenvalue weighted by atomic mass is 10.0. The maximum atomic E-state index is 12.2. The molecule has 2 unspecified atom stereocenters. The highest BCUT2D eigenvalue weighted by molar-refractivity contribution is 5.76. The second kappa shape index (κ2) is 44.0. The summed E-state index contributed by atoms with van der Waals surface area (Å²) in [6.07, 6.45) is 64.4. The minimum atomic E-state index is -0.657.